The predicted molar refractivity (Wildman–Crippen MR) is 97.4 cm³/mol. The van der Waals surface area contributed by atoms with E-state index < -0.39 is 5.60 Å². The quantitative estimate of drug-likeness (QED) is 0.568. The first-order valence-electron chi connectivity index (χ1n) is 9.10. The van der Waals surface area contributed by atoms with E-state index in [1.165, 1.54) is 0 Å². The Labute approximate surface area is 146 Å². The van der Waals surface area contributed by atoms with Crippen molar-refractivity contribution in [2.75, 3.05) is 18.5 Å². The van der Waals surface area contributed by atoms with Crippen molar-refractivity contribution >= 4 is 11.6 Å². The van der Waals surface area contributed by atoms with Gasteiger partial charge in [0.1, 0.15) is 5.60 Å². The molecule has 0 aliphatic carbocycles. The lowest BCUT2D eigenvalue weighted by Crippen LogP contribution is -2.42. The molecule has 5 heteroatoms. The molecule has 0 saturated heterocycles. The number of rotatable bonds is 12. The summed E-state index contributed by atoms with van der Waals surface area (Å²) in [4.78, 5) is 16.8. The van der Waals surface area contributed by atoms with Crippen LogP contribution in [0, 0.1) is 0 Å². The average molecular weight is 336 g/mol. The van der Waals surface area contributed by atoms with Crippen molar-refractivity contribution < 1.29 is 14.3 Å². The molecule has 0 unspecified atom stereocenters. The molecule has 0 bridgehead atoms. The maximum Gasteiger partial charge on any atom is 0.256 e. The van der Waals surface area contributed by atoms with Crippen molar-refractivity contribution in [3.63, 3.8) is 0 Å². The fourth-order valence-corrected chi connectivity index (χ4v) is 2.41. The highest BCUT2D eigenvalue weighted by Crippen LogP contribution is 2.22. The maximum atomic E-state index is 12.6. The number of carbonyl (C=O) groups is 1. The Kier molecular flexibility index (Phi) is 9.38. The molecule has 0 saturated carbocycles. The van der Waals surface area contributed by atoms with Gasteiger partial charge < -0.3 is 14.8 Å². The molecule has 1 aromatic heterocycles. The van der Waals surface area contributed by atoms with Gasteiger partial charge in [-0.25, -0.2) is 4.98 Å². The van der Waals surface area contributed by atoms with Crippen molar-refractivity contribution in [3.8, 4) is 5.88 Å². The van der Waals surface area contributed by atoms with Crippen LogP contribution in [-0.4, -0.2) is 29.7 Å². The number of unbranched alkanes of at least 4 members (excludes halogenated alkanes) is 3. The van der Waals surface area contributed by atoms with Crippen molar-refractivity contribution in [3.05, 3.63) is 18.3 Å². The minimum Gasteiger partial charge on any atom is -0.478 e. The highest BCUT2D eigenvalue weighted by Gasteiger charge is 2.33. The van der Waals surface area contributed by atoms with Gasteiger partial charge in [0.2, 0.25) is 5.88 Å². The molecule has 0 aromatic carbocycles. The summed E-state index contributed by atoms with van der Waals surface area (Å²) in [7, 11) is 0. The second kappa shape index (κ2) is 11.0. The molecular weight excluding hydrogens is 304 g/mol. The highest BCUT2D eigenvalue weighted by atomic mass is 16.5. The van der Waals surface area contributed by atoms with Gasteiger partial charge in [-0.05, 0) is 32.8 Å². The molecule has 1 heterocycles. The van der Waals surface area contributed by atoms with Gasteiger partial charge in [0.25, 0.3) is 5.91 Å². The van der Waals surface area contributed by atoms with Gasteiger partial charge in [0.05, 0.1) is 18.5 Å². The number of hydrogen-bond acceptors (Lipinski definition) is 4. The van der Waals surface area contributed by atoms with Gasteiger partial charge in [0.15, 0.2) is 0 Å². The number of carbonyl (C=O) groups excluding carboxylic acids is 1. The Morgan fingerprint density at radius 1 is 1.17 bits per heavy atom. The zero-order chi connectivity index (χ0) is 17.8. The summed E-state index contributed by atoms with van der Waals surface area (Å²) in [6.07, 6.45) is 7.62. The average Bonchev–Trinajstić information content (AvgIpc) is 2.57. The number of hydrogen-bond donors (Lipinski definition) is 1. The van der Waals surface area contributed by atoms with Gasteiger partial charge in [-0.15, -0.1) is 0 Å². The van der Waals surface area contributed by atoms with Crippen LogP contribution in [0.2, 0.25) is 0 Å². The van der Waals surface area contributed by atoms with Crippen LogP contribution in [0.25, 0.3) is 0 Å². The SMILES string of the molecule is CCCCC[C@](C)(OCC)C(=O)Nc1ccc(OCCCC)nc1. The number of amides is 1. The standard InChI is InChI=1S/C19H32N2O3/c1-5-8-10-13-19(4,24-7-3)18(22)21-16-11-12-17(20-15-16)23-14-9-6-2/h11-12,15H,5-10,13-14H2,1-4H3,(H,21,22)/t19-/m0/s1. The number of ether oxygens (including phenoxy) is 2. The van der Waals surface area contributed by atoms with Crippen molar-refractivity contribution in [2.45, 2.75) is 71.8 Å². The van der Waals surface area contributed by atoms with Crippen LogP contribution >= 0.6 is 0 Å². The van der Waals surface area contributed by atoms with E-state index in [2.05, 4.69) is 24.1 Å². The zero-order valence-corrected chi connectivity index (χ0v) is 15.6. The molecule has 1 aromatic rings. The molecule has 1 N–H and O–H groups in total. The van der Waals surface area contributed by atoms with Gasteiger partial charge >= 0.3 is 0 Å². The van der Waals surface area contributed by atoms with Gasteiger partial charge in [-0.2, -0.15) is 0 Å². The molecule has 0 aliphatic heterocycles. The number of nitrogens with one attached hydrogen (secondary N) is 1. The molecule has 1 amide bonds. The topological polar surface area (TPSA) is 60.5 Å². The lowest BCUT2D eigenvalue weighted by Gasteiger charge is -2.28. The number of nitrogens with zero attached hydrogens (tertiary/aromatic N) is 1. The smallest absolute Gasteiger partial charge is 0.256 e. The summed E-state index contributed by atoms with van der Waals surface area (Å²) < 4.78 is 11.3. The lowest BCUT2D eigenvalue weighted by molar-refractivity contribution is -0.139. The predicted octanol–water partition coefficient (Wildman–Crippen LogP) is 4.57. The largest absolute Gasteiger partial charge is 0.478 e. The summed E-state index contributed by atoms with van der Waals surface area (Å²) in [6, 6.07) is 3.59. The Morgan fingerprint density at radius 2 is 1.92 bits per heavy atom. The van der Waals surface area contributed by atoms with Crippen LogP contribution < -0.4 is 10.1 Å². The zero-order valence-electron chi connectivity index (χ0n) is 15.6. The first-order valence-corrected chi connectivity index (χ1v) is 9.10. The Balaban J connectivity index is 2.62. The van der Waals surface area contributed by atoms with E-state index in [9.17, 15) is 4.79 Å². The molecule has 5 nitrogen and oxygen atoms in total. The normalized spacial score (nSPS) is 13.3. The third-order valence-corrected chi connectivity index (χ3v) is 3.94. The second-order valence-electron chi connectivity index (χ2n) is 6.16. The molecule has 24 heavy (non-hydrogen) atoms. The molecule has 0 radical (unpaired) electrons. The Morgan fingerprint density at radius 3 is 2.50 bits per heavy atom. The van der Waals surface area contributed by atoms with Crippen molar-refractivity contribution in [1.29, 1.82) is 0 Å². The molecular formula is C19H32N2O3. The van der Waals surface area contributed by atoms with E-state index in [-0.39, 0.29) is 5.91 Å². The number of pyridine rings is 1. The first-order chi connectivity index (χ1) is 11.6. The molecule has 136 valence electrons. The molecule has 1 rings (SSSR count). The lowest BCUT2D eigenvalue weighted by atomic mass is 9.96. The van der Waals surface area contributed by atoms with Gasteiger partial charge in [0, 0.05) is 12.7 Å². The van der Waals surface area contributed by atoms with E-state index in [0.29, 0.717) is 31.2 Å². The Hall–Kier alpha value is -1.62. The third kappa shape index (κ3) is 6.87. The summed E-state index contributed by atoms with van der Waals surface area (Å²) >= 11 is 0. The van der Waals surface area contributed by atoms with E-state index in [1.807, 2.05) is 19.9 Å². The second-order valence-corrected chi connectivity index (χ2v) is 6.16. The van der Waals surface area contributed by atoms with Crippen LogP contribution in [0.15, 0.2) is 18.3 Å². The highest BCUT2D eigenvalue weighted by molar-refractivity contribution is 5.96. The van der Waals surface area contributed by atoms with Crippen LogP contribution in [0.5, 0.6) is 5.88 Å². The fourth-order valence-electron chi connectivity index (χ4n) is 2.41. The van der Waals surface area contributed by atoms with E-state index >= 15 is 0 Å². The number of aromatic nitrogens is 1. The van der Waals surface area contributed by atoms with Gasteiger partial charge in [-0.1, -0.05) is 39.5 Å². The molecule has 1 atom stereocenters. The summed E-state index contributed by atoms with van der Waals surface area (Å²) in [6.45, 7) is 9.21. The van der Waals surface area contributed by atoms with Crippen LogP contribution in [0.1, 0.15) is 66.2 Å². The monoisotopic (exact) mass is 336 g/mol. The third-order valence-electron chi connectivity index (χ3n) is 3.94. The number of anilines is 1. The van der Waals surface area contributed by atoms with E-state index in [4.69, 9.17) is 9.47 Å². The van der Waals surface area contributed by atoms with Crippen LogP contribution in [0.3, 0.4) is 0 Å². The van der Waals surface area contributed by atoms with E-state index in [1.54, 1.807) is 12.3 Å². The minimum atomic E-state index is -0.805. The molecule has 0 aliphatic rings. The minimum absolute atomic E-state index is 0.123. The van der Waals surface area contributed by atoms with Gasteiger partial charge in [-0.3, -0.25) is 4.79 Å². The van der Waals surface area contributed by atoms with Crippen LogP contribution in [0.4, 0.5) is 5.69 Å². The molecule has 0 fully saturated rings. The fraction of sp³-hybridized carbons (Fsp3) is 0.684. The van der Waals surface area contributed by atoms with Crippen LogP contribution in [-0.2, 0) is 9.53 Å². The summed E-state index contributed by atoms with van der Waals surface area (Å²) in [5, 5.41) is 2.91. The summed E-state index contributed by atoms with van der Waals surface area (Å²) in [5.74, 6) is 0.457. The van der Waals surface area contributed by atoms with Crippen molar-refractivity contribution in [1.82, 2.24) is 4.98 Å². The van der Waals surface area contributed by atoms with Crippen molar-refractivity contribution in [2.24, 2.45) is 0 Å². The summed E-state index contributed by atoms with van der Waals surface area (Å²) in [5.41, 5.74) is -0.149. The first kappa shape index (κ1) is 20.4. The van der Waals surface area contributed by atoms with E-state index in [0.717, 1.165) is 32.1 Å². The Bertz CT molecular complexity index is 476. The maximum absolute atomic E-state index is 12.6. The molecule has 0 spiro atoms.